The highest BCUT2D eigenvalue weighted by Gasteiger charge is 2.30. The Hall–Kier alpha value is -0.790. The number of ether oxygens (including phenoxy) is 1. The van der Waals surface area contributed by atoms with E-state index < -0.39 is 0 Å². The second-order valence-electron chi connectivity index (χ2n) is 5.16. The Morgan fingerprint density at radius 2 is 1.94 bits per heavy atom. The van der Waals surface area contributed by atoms with Crippen molar-refractivity contribution >= 4 is 5.97 Å². The topological polar surface area (TPSA) is 26.3 Å². The molecule has 1 aliphatic carbocycles. The van der Waals surface area contributed by atoms with Gasteiger partial charge in [-0.3, -0.25) is 4.79 Å². The molecule has 0 saturated heterocycles. The molecule has 0 radical (unpaired) electrons. The zero-order valence-corrected chi connectivity index (χ0v) is 10.8. The second kappa shape index (κ2) is 6.07. The molecule has 0 amide bonds. The molecule has 1 fully saturated rings. The van der Waals surface area contributed by atoms with Crippen LogP contribution in [0, 0.1) is 17.8 Å². The van der Waals surface area contributed by atoms with Crippen LogP contribution >= 0.6 is 0 Å². The van der Waals surface area contributed by atoms with E-state index in [-0.39, 0.29) is 5.97 Å². The van der Waals surface area contributed by atoms with Gasteiger partial charge < -0.3 is 4.74 Å². The molecular weight excluding hydrogens is 200 g/mol. The van der Waals surface area contributed by atoms with Crippen molar-refractivity contribution in [3.63, 3.8) is 0 Å². The van der Waals surface area contributed by atoms with Crippen molar-refractivity contribution in [3.8, 4) is 0 Å². The smallest absolute Gasteiger partial charge is 0.306 e. The summed E-state index contributed by atoms with van der Waals surface area (Å²) in [4.78, 5) is 11.4. The normalized spacial score (nSPS) is 18.8. The SMILES string of the molecule is C=C(C(C)C)C(CC(=O)OC)C1CCCC1. The van der Waals surface area contributed by atoms with Gasteiger partial charge in [0.25, 0.3) is 0 Å². The minimum Gasteiger partial charge on any atom is -0.469 e. The Morgan fingerprint density at radius 3 is 2.38 bits per heavy atom. The highest BCUT2D eigenvalue weighted by atomic mass is 16.5. The average molecular weight is 224 g/mol. The van der Waals surface area contributed by atoms with Gasteiger partial charge in [-0.25, -0.2) is 0 Å². The Balaban J connectivity index is 2.67. The quantitative estimate of drug-likeness (QED) is 0.527. The van der Waals surface area contributed by atoms with Crippen molar-refractivity contribution in [2.45, 2.75) is 46.0 Å². The molecule has 1 atom stereocenters. The van der Waals surface area contributed by atoms with Crippen LogP contribution in [0.2, 0.25) is 0 Å². The molecule has 0 bridgehead atoms. The molecule has 1 rings (SSSR count). The molecule has 16 heavy (non-hydrogen) atoms. The van der Waals surface area contributed by atoms with Gasteiger partial charge in [0.1, 0.15) is 0 Å². The second-order valence-corrected chi connectivity index (χ2v) is 5.16. The fourth-order valence-corrected chi connectivity index (χ4v) is 2.65. The number of esters is 1. The van der Waals surface area contributed by atoms with Crippen LogP contribution in [0.25, 0.3) is 0 Å². The number of carbonyl (C=O) groups excluding carboxylic acids is 1. The van der Waals surface area contributed by atoms with Crippen molar-refractivity contribution in [2.75, 3.05) is 7.11 Å². The number of rotatable bonds is 5. The fraction of sp³-hybridized carbons (Fsp3) is 0.786. The maximum atomic E-state index is 11.4. The number of hydrogen-bond acceptors (Lipinski definition) is 2. The van der Waals surface area contributed by atoms with Gasteiger partial charge in [0, 0.05) is 0 Å². The van der Waals surface area contributed by atoms with E-state index in [1.807, 2.05) is 0 Å². The highest BCUT2D eigenvalue weighted by Crippen LogP contribution is 2.38. The Morgan fingerprint density at radius 1 is 1.38 bits per heavy atom. The molecule has 1 unspecified atom stereocenters. The van der Waals surface area contributed by atoms with Gasteiger partial charge in [-0.05, 0) is 30.6 Å². The van der Waals surface area contributed by atoms with Crippen molar-refractivity contribution in [1.82, 2.24) is 0 Å². The predicted octanol–water partition coefficient (Wildman–Crippen LogP) is 3.57. The summed E-state index contributed by atoms with van der Waals surface area (Å²) in [5, 5.41) is 0. The lowest BCUT2D eigenvalue weighted by Crippen LogP contribution is -2.21. The lowest BCUT2D eigenvalue weighted by Gasteiger charge is -2.27. The summed E-state index contributed by atoms with van der Waals surface area (Å²) >= 11 is 0. The summed E-state index contributed by atoms with van der Waals surface area (Å²) < 4.78 is 4.79. The summed E-state index contributed by atoms with van der Waals surface area (Å²) in [7, 11) is 1.46. The van der Waals surface area contributed by atoms with E-state index in [1.165, 1.54) is 38.4 Å². The van der Waals surface area contributed by atoms with Crippen LogP contribution in [0.4, 0.5) is 0 Å². The molecule has 0 heterocycles. The van der Waals surface area contributed by atoms with E-state index in [0.717, 1.165) is 0 Å². The van der Waals surface area contributed by atoms with Gasteiger partial charge >= 0.3 is 5.97 Å². The minimum atomic E-state index is -0.0984. The van der Waals surface area contributed by atoms with Gasteiger partial charge in [0.15, 0.2) is 0 Å². The monoisotopic (exact) mass is 224 g/mol. The third-order valence-corrected chi connectivity index (χ3v) is 3.80. The van der Waals surface area contributed by atoms with E-state index >= 15 is 0 Å². The molecule has 0 spiro atoms. The maximum Gasteiger partial charge on any atom is 0.306 e. The van der Waals surface area contributed by atoms with Crippen LogP contribution in [0.1, 0.15) is 46.0 Å². The zero-order valence-electron chi connectivity index (χ0n) is 10.8. The Bertz CT molecular complexity index is 249. The fourth-order valence-electron chi connectivity index (χ4n) is 2.65. The molecule has 92 valence electrons. The van der Waals surface area contributed by atoms with Crippen LogP contribution in [-0.4, -0.2) is 13.1 Å². The first-order chi connectivity index (χ1) is 7.56. The van der Waals surface area contributed by atoms with Crippen LogP contribution in [-0.2, 0) is 9.53 Å². The van der Waals surface area contributed by atoms with E-state index in [0.29, 0.717) is 24.2 Å². The van der Waals surface area contributed by atoms with Crippen LogP contribution in [0.3, 0.4) is 0 Å². The molecule has 1 saturated carbocycles. The molecule has 0 N–H and O–H groups in total. The van der Waals surface area contributed by atoms with E-state index in [9.17, 15) is 4.79 Å². The van der Waals surface area contributed by atoms with Crippen molar-refractivity contribution in [1.29, 1.82) is 0 Å². The Labute approximate surface area is 99.1 Å². The van der Waals surface area contributed by atoms with Gasteiger partial charge in [-0.2, -0.15) is 0 Å². The predicted molar refractivity (Wildman–Crippen MR) is 66.1 cm³/mol. The molecule has 2 heteroatoms. The standard InChI is InChI=1S/C14H24O2/c1-10(2)11(3)13(9-14(15)16-4)12-7-5-6-8-12/h10,12-13H,3,5-9H2,1-2,4H3. The minimum absolute atomic E-state index is 0.0984. The van der Waals surface area contributed by atoms with Crippen LogP contribution < -0.4 is 0 Å². The van der Waals surface area contributed by atoms with E-state index in [4.69, 9.17) is 4.74 Å². The van der Waals surface area contributed by atoms with E-state index in [1.54, 1.807) is 0 Å². The van der Waals surface area contributed by atoms with Crippen LogP contribution in [0.5, 0.6) is 0 Å². The van der Waals surface area contributed by atoms with Gasteiger partial charge in [-0.15, -0.1) is 0 Å². The van der Waals surface area contributed by atoms with Gasteiger partial charge in [0.2, 0.25) is 0 Å². The molecule has 0 aliphatic heterocycles. The molecule has 2 nitrogen and oxygen atoms in total. The largest absolute Gasteiger partial charge is 0.469 e. The molecule has 0 aromatic heterocycles. The lowest BCUT2D eigenvalue weighted by atomic mass is 9.79. The summed E-state index contributed by atoms with van der Waals surface area (Å²) in [6.07, 6.45) is 5.60. The van der Waals surface area contributed by atoms with Crippen molar-refractivity contribution in [3.05, 3.63) is 12.2 Å². The van der Waals surface area contributed by atoms with Crippen LogP contribution in [0.15, 0.2) is 12.2 Å². The van der Waals surface area contributed by atoms with Crippen molar-refractivity contribution in [2.24, 2.45) is 17.8 Å². The average Bonchev–Trinajstić information content (AvgIpc) is 2.77. The molecule has 0 aromatic carbocycles. The van der Waals surface area contributed by atoms with Gasteiger partial charge in [-0.1, -0.05) is 38.8 Å². The summed E-state index contributed by atoms with van der Waals surface area (Å²) in [6, 6.07) is 0. The Kier molecular flexibility index (Phi) is 5.04. The lowest BCUT2D eigenvalue weighted by molar-refractivity contribution is -0.141. The number of carbonyl (C=O) groups is 1. The third-order valence-electron chi connectivity index (χ3n) is 3.80. The first kappa shape index (κ1) is 13.3. The third kappa shape index (κ3) is 3.36. The number of methoxy groups -OCH3 is 1. The maximum absolute atomic E-state index is 11.4. The van der Waals surface area contributed by atoms with E-state index in [2.05, 4.69) is 20.4 Å². The first-order valence-electron chi connectivity index (χ1n) is 6.31. The summed E-state index contributed by atoms with van der Waals surface area (Å²) in [6.45, 7) is 8.49. The molecular formula is C14H24O2. The molecule has 0 aromatic rings. The zero-order chi connectivity index (χ0) is 12.1. The number of allylic oxidation sites excluding steroid dienone is 1. The summed E-state index contributed by atoms with van der Waals surface area (Å²) in [5.41, 5.74) is 1.22. The van der Waals surface area contributed by atoms with Gasteiger partial charge in [0.05, 0.1) is 13.5 Å². The first-order valence-corrected chi connectivity index (χ1v) is 6.31. The van der Waals surface area contributed by atoms with Crippen molar-refractivity contribution < 1.29 is 9.53 Å². The number of hydrogen-bond donors (Lipinski definition) is 0. The molecule has 1 aliphatic rings. The highest BCUT2D eigenvalue weighted by molar-refractivity contribution is 5.70. The summed E-state index contributed by atoms with van der Waals surface area (Å²) in [5.74, 6) is 1.33.